The van der Waals surface area contributed by atoms with E-state index >= 15 is 0 Å². The Balaban J connectivity index is 0.00000106. The molecule has 0 amide bonds. The molecule has 21 heavy (non-hydrogen) atoms. The van der Waals surface area contributed by atoms with Crippen LogP contribution in [0.1, 0.15) is 19.4 Å². The van der Waals surface area contributed by atoms with Crippen molar-refractivity contribution >= 4 is 38.9 Å². The minimum Gasteiger partial charge on any atom is -0.362 e. The molecule has 4 heteroatoms. The molecule has 2 nitrogen and oxygen atoms in total. The van der Waals surface area contributed by atoms with Crippen molar-refractivity contribution in [3.63, 3.8) is 0 Å². The average molecular weight is 365 g/mol. The van der Waals surface area contributed by atoms with Crippen LogP contribution in [0.4, 0.5) is 5.69 Å². The van der Waals surface area contributed by atoms with Gasteiger partial charge in [-0.3, -0.25) is 0 Å². The molecule has 0 aliphatic heterocycles. The van der Waals surface area contributed by atoms with Crippen LogP contribution >= 0.6 is 28.1 Å². The molecule has 0 bridgehead atoms. The van der Waals surface area contributed by atoms with Gasteiger partial charge in [0.15, 0.2) is 5.11 Å². The Morgan fingerprint density at radius 3 is 2.24 bits per heavy atom. The molecule has 0 spiro atoms. The molecule has 0 fully saturated rings. The number of thiocarbonyl (C=S) groups is 1. The molecule has 0 saturated heterocycles. The number of hydrogen-bond donors (Lipinski definition) is 2. The Hall–Kier alpha value is -1.39. The van der Waals surface area contributed by atoms with E-state index in [0.717, 1.165) is 23.1 Å². The Morgan fingerprint density at radius 2 is 1.62 bits per heavy atom. The predicted octanol–water partition coefficient (Wildman–Crippen LogP) is 5.00. The molecule has 0 unspecified atom stereocenters. The summed E-state index contributed by atoms with van der Waals surface area (Å²) in [4.78, 5) is 0. The quantitative estimate of drug-likeness (QED) is 0.746. The van der Waals surface area contributed by atoms with Gasteiger partial charge in [0.2, 0.25) is 0 Å². The van der Waals surface area contributed by atoms with Crippen molar-refractivity contribution in [2.75, 3.05) is 11.9 Å². The van der Waals surface area contributed by atoms with E-state index in [1.165, 1.54) is 5.56 Å². The van der Waals surface area contributed by atoms with E-state index in [1.54, 1.807) is 0 Å². The van der Waals surface area contributed by atoms with Gasteiger partial charge in [-0.15, -0.1) is 0 Å². The Kier molecular flexibility index (Phi) is 8.71. The molecule has 2 N–H and O–H groups in total. The van der Waals surface area contributed by atoms with Crippen molar-refractivity contribution in [1.82, 2.24) is 5.32 Å². The lowest BCUT2D eigenvalue weighted by molar-refractivity contribution is 0.873. The molecule has 0 aliphatic rings. The second-order valence-electron chi connectivity index (χ2n) is 4.12. The van der Waals surface area contributed by atoms with Crippen LogP contribution in [-0.4, -0.2) is 11.7 Å². The zero-order chi connectivity index (χ0) is 15.5. The summed E-state index contributed by atoms with van der Waals surface area (Å²) in [6, 6.07) is 18.3. The minimum absolute atomic E-state index is 0.651. The Bertz CT molecular complexity index is 526. The number of nitrogens with one attached hydrogen (secondary N) is 2. The summed E-state index contributed by atoms with van der Waals surface area (Å²) in [7, 11) is 0. The molecule has 2 aromatic rings. The topological polar surface area (TPSA) is 24.1 Å². The predicted molar refractivity (Wildman–Crippen MR) is 99.9 cm³/mol. The fourth-order valence-electron chi connectivity index (χ4n) is 1.67. The summed E-state index contributed by atoms with van der Waals surface area (Å²) < 4.78 is 1.06. The van der Waals surface area contributed by atoms with Gasteiger partial charge in [0.1, 0.15) is 0 Å². The second-order valence-corrected chi connectivity index (χ2v) is 5.45. The number of rotatable bonds is 4. The van der Waals surface area contributed by atoms with Gasteiger partial charge < -0.3 is 10.6 Å². The fourth-order valence-corrected chi connectivity index (χ4v) is 2.16. The van der Waals surface area contributed by atoms with Crippen molar-refractivity contribution in [2.24, 2.45) is 0 Å². The van der Waals surface area contributed by atoms with Crippen molar-refractivity contribution in [3.8, 4) is 0 Å². The van der Waals surface area contributed by atoms with Crippen molar-refractivity contribution in [2.45, 2.75) is 20.3 Å². The summed E-state index contributed by atoms with van der Waals surface area (Å²) in [6.07, 6.45) is 0.961. The highest BCUT2D eigenvalue weighted by Crippen LogP contribution is 2.13. The van der Waals surface area contributed by atoms with Crippen LogP contribution in [0.15, 0.2) is 59.1 Å². The van der Waals surface area contributed by atoms with Crippen molar-refractivity contribution in [1.29, 1.82) is 0 Å². The fraction of sp³-hybridized carbons (Fsp3) is 0.235. The van der Waals surface area contributed by atoms with Crippen LogP contribution < -0.4 is 10.6 Å². The third-order valence-electron chi connectivity index (χ3n) is 2.64. The second kappa shape index (κ2) is 10.4. The highest BCUT2D eigenvalue weighted by atomic mass is 79.9. The molecule has 0 atom stereocenters. The van der Waals surface area contributed by atoms with Gasteiger partial charge in [0.25, 0.3) is 0 Å². The number of anilines is 1. The molecule has 2 rings (SSSR count). The average Bonchev–Trinajstić information content (AvgIpc) is 2.53. The van der Waals surface area contributed by atoms with Gasteiger partial charge in [0, 0.05) is 16.7 Å². The lowest BCUT2D eigenvalue weighted by Gasteiger charge is -2.10. The van der Waals surface area contributed by atoms with Gasteiger partial charge in [-0.25, -0.2) is 0 Å². The molecule has 0 radical (unpaired) electrons. The third-order valence-corrected chi connectivity index (χ3v) is 3.42. The van der Waals surface area contributed by atoms with Gasteiger partial charge in [-0.05, 0) is 48.5 Å². The van der Waals surface area contributed by atoms with E-state index in [2.05, 4.69) is 38.7 Å². The molecule has 0 aromatic heterocycles. The highest BCUT2D eigenvalue weighted by molar-refractivity contribution is 9.10. The lowest BCUT2D eigenvalue weighted by Crippen LogP contribution is -2.30. The first-order valence-corrected chi connectivity index (χ1v) is 8.28. The minimum atomic E-state index is 0.651. The monoisotopic (exact) mass is 364 g/mol. The smallest absolute Gasteiger partial charge is 0.170 e. The SMILES string of the molecule is CC.S=C(NCCc1ccccc1)Nc1ccc(Br)cc1. The lowest BCUT2D eigenvalue weighted by atomic mass is 10.1. The standard InChI is InChI=1S/C15H15BrN2S.C2H6/c16-13-6-8-14(9-7-13)18-15(19)17-11-10-12-4-2-1-3-5-12;1-2/h1-9H,10-11H2,(H2,17,18,19);1-2H3. The first-order chi connectivity index (χ1) is 10.2. The first kappa shape index (κ1) is 17.7. The zero-order valence-corrected chi connectivity index (χ0v) is 14.8. The van der Waals surface area contributed by atoms with Gasteiger partial charge in [-0.1, -0.05) is 60.1 Å². The van der Waals surface area contributed by atoms with Crippen molar-refractivity contribution in [3.05, 3.63) is 64.6 Å². The maximum atomic E-state index is 5.25. The van der Waals surface area contributed by atoms with E-state index in [4.69, 9.17) is 12.2 Å². The molecule has 2 aromatic carbocycles. The summed E-state index contributed by atoms with van der Waals surface area (Å²) in [5, 5.41) is 7.01. The van der Waals surface area contributed by atoms with Crippen LogP contribution in [0.25, 0.3) is 0 Å². The molecular formula is C17H21BrN2S. The molecule has 0 aliphatic carbocycles. The van der Waals surface area contributed by atoms with Crippen LogP contribution in [-0.2, 0) is 6.42 Å². The number of halogens is 1. The van der Waals surface area contributed by atoms with Crippen LogP contribution in [0.3, 0.4) is 0 Å². The van der Waals surface area contributed by atoms with E-state index in [9.17, 15) is 0 Å². The number of benzene rings is 2. The largest absolute Gasteiger partial charge is 0.362 e. The van der Waals surface area contributed by atoms with E-state index in [0.29, 0.717) is 5.11 Å². The molecular weight excluding hydrogens is 344 g/mol. The van der Waals surface area contributed by atoms with E-state index in [1.807, 2.05) is 56.3 Å². The summed E-state index contributed by atoms with van der Waals surface area (Å²) >= 11 is 8.65. The maximum absolute atomic E-state index is 5.25. The maximum Gasteiger partial charge on any atom is 0.170 e. The third kappa shape index (κ3) is 7.25. The summed E-state index contributed by atoms with van der Waals surface area (Å²) in [6.45, 7) is 4.83. The number of hydrogen-bond acceptors (Lipinski definition) is 1. The van der Waals surface area contributed by atoms with Crippen LogP contribution in [0.5, 0.6) is 0 Å². The van der Waals surface area contributed by atoms with Gasteiger partial charge in [-0.2, -0.15) is 0 Å². The van der Waals surface area contributed by atoms with E-state index in [-0.39, 0.29) is 0 Å². The Morgan fingerprint density at radius 1 is 1.00 bits per heavy atom. The van der Waals surface area contributed by atoms with Crippen molar-refractivity contribution < 1.29 is 0 Å². The zero-order valence-electron chi connectivity index (χ0n) is 12.4. The molecule has 0 heterocycles. The van der Waals surface area contributed by atoms with Gasteiger partial charge >= 0.3 is 0 Å². The molecule has 112 valence electrons. The normalized spacial score (nSPS) is 9.29. The van der Waals surface area contributed by atoms with Gasteiger partial charge in [0.05, 0.1) is 0 Å². The van der Waals surface area contributed by atoms with Crippen LogP contribution in [0.2, 0.25) is 0 Å². The summed E-state index contributed by atoms with van der Waals surface area (Å²) in [5.74, 6) is 0. The highest BCUT2D eigenvalue weighted by Gasteiger charge is 1.97. The summed E-state index contributed by atoms with van der Waals surface area (Å²) in [5.41, 5.74) is 2.29. The first-order valence-electron chi connectivity index (χ1n) is 7.08. The van der Waals surface area contributed by atoms with Crippen LogP contribution in [0, 0.1) is 0 Å². The molecule has 0 saturated carbocycles. The Labute approximate surface area is 141 Å². The van der Waals surface area contributed by atoms with E-state index < -0.39 is 0 Å².